The number of urea groups is 2. The molecule has 0 saturated carbocycles. The van der Waals surface area contributed by atoms with Crippen molar-refractivity contribution < 1.29 is 9.59 Å². The first-order valence-corrected chi connectivity index (χ1v) is 6.49. The SMILES string of the molecule is C=C(C)c1ccc(C2(C)N(Cl)C(=O)NC(=O)N2Cl)cc1. The largest absolute Gasteiger partial charge is 0.342 e. The van der Waals surface area contributed by atoms with Gasteiger partial charge >= 0.3 is 12.1 Å². The summed E-state index contributed by atoms with van der Waals surface area (Å²) in [7, 11) is 0. The van der Waals surface area contributed by atoms with Gasteiger partial charge in [0.2, 0.25) is 0 Å². The predicted molar refractivity (Wildman–Crippen MR) is 77.8 cm³/mol. The third-order valence-corrected chi connectivity index (χ3v) is 4.22. The molecule has 0 atom stereocenters. The number of carbonyl (C=O) groups is 2. The number of carbonyl (C=O) groups excluding carboxylic acids is 2. The van der Waals surface area contributed by atoms with Crippen molar-refractivity contribution in [2.45, 2.75) is 19.5 Å². The van der Waals surface area contributed by atoms with Crippen molar-refractivity contribution in [3.05, 3.63) is 42.0 Å². The second-order valence-corrected chi connectivity index (χ2v) is 5.35. The summed E-state index contributed by atoms with van der Waals surface area (Å²) in [6.07, 6.45) is 0. The molecule has 0 radical (unpaired) electrons. The van der Waals surface area contributed by atoms with Crippen molar-refractivity contribution >= 4 is 41.2 Å². The van der Waals surface area contributed by atoms with Crippen LogP contribution in [0.2, 0.25) is 0 Å². The van der Waals surface area contributed by atoms with E-state index >= 15 is 0 Å². The van der Waals surface area contributed by atoms with Crippen molar-refractivity contribution in [3.8, 4) is 0 Å². The number of hydrogen-bond acceptors (Lipinski definition) is 2. The molecule has 5 nitrogen and oxygen atoms in total. The van der Waals surface area contributed by atoms with E-state index < -0.39 is 17.7 Å². The Balaban J connectivity index is 2.48. The zero-order valence-corrected chi connectivity index (χ0v) is 12.5. The monoisotopic (exact) mass is 313 g/mol. The minimum atomic E-state index is -1.28. The van der Waals surface area contributed by atoms with Crippen LogP contribution >= 0.6 is 23.6 Å². The number of halogens is 2. The van der Waals surface area contributed by atoms with Gasteiger partial charge in [0.05, 0.1) is 0 Å². The lowest BCUT2D eigenvalue weighted by Crippen LogP contribution is -2.63. The highest BCUT2D eigenvalue weighted by Gasteiger charge is 2.49. The Morgan fingerprint density at radius 1 is 1.15 bits per heavy atom. The summed E-state index contributed by atoms with van der Waals surface area (Å²) in [5, 5.41) is 2.03. The summed E-state index contributed by atoms with van der Waals surface area (Å²) in [5.74, 6) is 0. The fourth-order valence-corrected chi connectivity index (χ4v) is 2.43. The molecule has 1 aliphatic rings. The molecule has 0 unspecified atom stereocenters. The maximum Gasteiger partial charge on any atom is 0.342 e. The van der Waals surface area contributed by atoms with Crippen LogP contribution < -0.4 is 5.32 Å². The van der Waals surface area contributed by atoms with Crippen molar-refractivity contribution in [2.24, 2.45) is 0 Å². The van der Waals surface area contributed by atoms with Crippen LogP contribution in [0.4, 0.5) is 9.59 Å². The molecule has 0 bridgehead atoms. The fraction of sp³-hybridized carbons (Fsp3) is 0.231. The Labute approximate surface area is 127 Å². The summed E-state index contributed by atoms with van der Waals surface area (Å²) in [6.45, 7) is 7.32. The van der Waals surface area contributed by atoms with Gasteiger partial charge in [-0.2, -0.15) is 0 Å². The molecule has 2 rings (SSSR count). The van der Waals surface area contributed by atoms with Crippen LogP contribution in [0.1, 0.15) is 25.0 Å². The lowest BCUT2D eigenvalue weighted by molar-refractivity contribution is 0.0875. The van der Waals surface area contributed by atoms with Crippen LogP contribution in [0.15, 0.2) is 30.8 Å². The molecule has 1 N–H and O–H groups in total. The van der Waals surface area contributed by atoms with E-state index in [2.05, 4.69) is 6.58 Å². The van der Waals surface area contributed by atoms with Crippen molar-refractivity contribution in [2.75, 3.05) is 0 Å². The van der Waals surface area contributed by atoms with E-state index in [0.29, 0.717) is 5.56 Å². The molecule has 1 aromatic carbocycles. The number of rotatable bonds is 2. The van der Waals surface area contributed by atoms with Gasteiger partial charge in [-0.1, -0.05) is 36.4 Å². The number of nitrogens with one attached hydrogen (secondary N) is 1. The van der Waals surface area contributed by atoms with Crippen LogP contribution in [-0.4, -0.2) is 20.9 Å². The highest BCUT2D eigenvalue weighted by Crippen LogP contribution is 2.38. The maximum absolute atomic E-state index is 11.7. The lowest BCUT2D eigenvalue weighted by Gasteiger charge is -2.44. The number of hydrogen-bond donors (Lipinski definition) is 1. The Bertz CT molecular complexity index is 566. The molecule has 0 spiro atoms. The van der Waals surface area contributed by atoms with E-state index in [0.717, 1.165) is 20.0 Å². The third kappa shape index (κ3) is 2.13. The van der Waals surface area contributed by atoms with Crippen molar-refractivity contribution in [1.82, 2.24) is 14.2 Å². The first kappa shape index (κ1) is 14.7. The quantitative estimate of drug-likeness (QED) is 0.847. The summed E-state index contributed by atoms with van der Waals surface area (Å²) in [6, 6.07) is 5.71. The van der Waals surface area contributed by atoms with E-state index in [9.17, 15) is 9.59 Å². The van der Waals surface area contributed by atoms with E-state index in [1.807, 2.05) is 24.4 Å². The predicted octanol–water partition coefficient (Wildman–Crippen LogP) is 3.65. The smallest absolute Gasteiger partial charge is 0.257 e. The van der Waals surface area contributed by atoms with E-state index in [1.54, 1.807) is 19.1 Å². The molecule has 1 aliphatic heterocycles. The minimum Gasteiger partial charge on any atom is -0.257 e. The summed E-state index contributed by atoms with van der Waals surface area (Å²) < 4.78 is 1.72. The minimum absolute atomic E-state index is 0.607. The molecule has 0 aromatic heterocycles. The van der Waals surface area contributed by atoms with Crippen LogP contribution in [0.3, 0.4) is 0 Å². The molecule has 1 saturated heterocycles. The second-order valence-electron chi connectivity index (χ2n) is 4.68. The van der Waals surface area contributed by atoms with Crippen molar-refractivity contribution in [1.29, 1.82) is 0 Å². The highest BCUT2D eigenvalue weighted by atomic mass is 35.5. The molecule has 106 valence electrons. The van der Waals surface area contributed by atoms with Gasteiger partial charge in [0.1, 0.15) is 0 Å². The average Bonchev–Trinajstić information content (AvgIpc) is 2.43. The standard InChI is InChI=1S/C13H13Cl2N3O2/c1-8(2)9-4-6-10(7-5-9)13(3)17(14)11(19)16-12(20)18(13)15/h4-7H,1H2,2-3H3,(H,16,19,20). The van der Waals surface area contributed by atoms with Crippen molar-refractivity contribution in [3.63, 3.8) is 0 Å². The molecule has 0 aliphatic carbocycles. The first-order chi connectivity index (χ1) is 9.28. The molecule has 4 amide bonds. The molecule has 20 heavy (non-hydrogen) atoms. The van der Waals surface area contributed by atoms with Crippen LogP contribution in [0.5, 0.6) is 0 Å². The Hall–Kier alpha value is -1.72. The van der Waals surface area contributed by atoms with Gasteiger partial charge in [0, 0.05) is 29.1 Å². The normalized spacial score (nSPS) is 18.0. The van der Waals surface area contributed by atoms with Crippen LogP contribution in [0.25, 0.3) is 5.57 Å². The zero-order valence-electron chi connectivity index (χ0n) is 11.0. The average molecular weight is 314 g/mol. The van der Waals surface area contributed by atoms with Crippen LogP contribution in [-0.2, 0) is 5.66 Å². The first-order valence-electron chi connectivity index (χ1n) is 5.82. The fourth-order valence-electron chi connectivity index (χ4n) is 1.96. The van der Waals surface area contributed by atoms with Gasteiger partial charge in [-0.15, -0.1) is 0 Å². The summed E-state index contributed by atoms with van der Waals surface area (Å²) >= 11 is 12.0. The van der Waals surface area contributed by atoms with E-state index in [4.69, 9.17) is 23.6 Å². The molecule has 1 heterocycles. The van der Waals surface area contributed by atoms with Gasteiger partial charge < -0.3 is 0 Å². The maximum atomic E-state index is 11.7. The van der Waals surface area contributed by atoms with Gasteiger partial charge in [0.25, 0.3) is 0 Å². The lowest BCUT2D eigenvalue weighted by atomic mass is 9.97. The van der Waals surface area contributed by atoms with E-state index in [1.165, 1.54) is 0 Å². The number of amides is 4. The zero-order chi connectivity index (χ0) is 15.1. The molecule has 1 fully saturated rings. The molecular weight excluding hydrogens is 301 g/mol. The molecular formula is C13H13Cl2N3O2. The number of benzene rings is 1. The van der Waals surface area contributed by atoms with Crippen LogP contribution in [0, 0.1) is 0 Å². The molecule has 1 aromatic rings. The number of allylic oxidation sites excluding steroid dienone is 1. The highest BCUT2D eigenvalue weighted by molar-refractivity contribution is 6.29. The third-order valence-electron chi connectivity index (χ3n) is 3.26. The van der Waals surface area contributed by atoms with Gasteiger partial charge in [-0.05, 0) is 19.4 Å². The van der Waals surface area contributed by atoms with Gasteiger partial charge in [0.15, 0.2) is 5.66 Å². The summed E-state index contributed by atoms with van der Waals surface area (Å²) in [4.78, 5) is 23.4. The topological polar surface area (TPSA) is 52.7 Å². The van der Waals surface area contributed by atoms with Gasteiger partial charge in [-0.3, -0.25) is 5.32 Å². The second kappa shape index (κ2) is 5.00. The van der Waals surface area contributed by atoms with Gasteiger partial charge in [-0.25, -0.2) is 18.4 Å². The Morgan fingerprint density at radius 2 is 1.60 bits per heavy atom. The Morgan fingerprint density at radius 3 is 2.00 bits per heavy atom. The number of imide groups is 1. The summed E-state index contributed by atoms with van der Waals surface area (Å²) in [5.41, 5.74) is 1.18. The van der Waals surface area contributed by atoms with E-state index in [-0.39, 0.29) is 0 Å². The Kier molecular flexibility index (Phi) is 3.67. The number of nitrogens with zero attached hydrogens (tertiary/aromatic N) is 2. The molecule has 7 heteroatoms.